The van der Waals surface area contributed by atoms with Crippen LogP contribution in [0.5, 0.6) is 0 Å². The van der Waals surface area contributed by atoms with Gasteiger partial charge in [0.15, 0.2) is 0 Å². The van der Waals surface area contributed by atoms with E-state index in [0.29, 0.717) is 11.9 Å². The third-order valence-electron chi connectivity index (χ3n) is 2.65. The van der Waals surface area contributed by atoms with Crippen LogP contribution in [0.4, 0.5) is 5.13 Å². The SMILES string of the molecule is ClCC1CCCCCN1c1ncns1. The van der Waals surface area contributed by atoms with Crippen molar-refractivity contribution in [3.05, 3.63) is 6.33 Å². The second-order valence-corrected chi connectivity index (χ2v) is 4.64. The molecule has 3 nitrogen and oxygen atoms in total. The third kappa shape index (κ3) is 2.17. The molecule has 5 heteroatoms. The van der Waals surface area contributed by atoms with Crippen LogP contribution in [0.15, 0.2) is 6.33 Å². The molecule has 0 spiro atoms. The Labute approximate surface area is 93.3 Å². The molecule has 1 aliphatic heterocycles. The molecule has 2 heterocycles. The normalized spacial score (nSPS) is 23.5. The van der Waals surface area contributed by atoms with E-state index in [-0.39, 0.29) is 0 Å². The van der Waals surface area contributed by atoms with Crippen molar-refractivity contribution in [1.29, 1.82) is 0 Å². The van der Waals surface area contributed by atoms with E-state index < -0.39 is 0 Å². The average Bonchev–Trinajstić information content (AvgIpc) is 2.63. The van der Waals surface area contributed by atoms with Gasteiger partial charge < -0.3 is 4.90 Å². The van der Waals surface area contributed by atoms with E-state index in [4.69, 9.17) is 11.6 Å². The molecule has 0 N–H and O–H groups in total. The fourth-order valence-electron chi connectivity index (χ4n) is 1.88. The van der Waals surface area contributed by atoms with Gasteiger partial charge in [-0.25, -0.2) is 4.98 Å². The van der Waals surface area contributed by atoms with Crippen molar-refractivity contribution in [2.45, 2.75) is 31.7 Å². The van der Waals surface area contributed by atoms with Gasteiger partial charge in [0, 0.05) is 30.0 Å². The number of rotatable bonds is 2. The number of hydrogen-bond acceptors (Lipinski definition) is 4. The minimum Gasteiger partial charge on any atom is -0.343 e. The van der Waals surface area contributed by atoms with Gasteiger partial charge in [-0.3, -0.25) is 0 Å². The summed E-state index contributed by atoms with van der Waals surface area (Å²) in [6.45, 7) is 1.08. The molecule has 1 aromatic heterocycles. The lowest BCUT2D eigenvalue weighted by molar-refractivity contribution is 0.620. The van der Waals surface area contributed by atoms with Crippen LogP contribution in [0.1, 0.15) is 25.7 Å². The Bertz CT molecular complexity index is 265. The lowest BCUT2D eigenvalue weighted by Gasteiger charge is -2.27. The van der Waals surface area contributed by atoms with E-state index in [1.165, 1.54) is 37.2 Å². The molecule has 0 aliphatic carbocycles. The van der Waals surface area contributed by atoms with E-state index in [2.05, 4.69) is 14.3 Å². The molecule has 0 aromatic carbocycles. The van der Waals surface area contributed by atoms with Gasteiger partial charge >= 0.3 is 0 Å². The third-order valence-corrected chi connectivity index (χ3v) is 3.71. The Morgan fingerprint density at radius 2 is 2.43 bits per heavy atom. The molecule has 0 bridgehead atoms. The van der Waals surface area contributed by atoms with E-state index in [0.717, 1.165) is 11.7 Å². The summed E-state index contributed by atoms with van der Waals surface area (Å²) >= 11 is 7.44. The molecule has 0 radical (unpaired) electrons. The zero-order chi connectivity index (χ0) is 9.80. The van der Waals surface area contributed by atoms with Crippen LogP contribution in [-0.4, -0.2) is 27.8 Å². The summed E-state index contributed by atoms with van der Waals surface area (Å²) in [6, 6.07) is 0.451. The van der Waals surface area contributed by atoms with Crippen molar-refractivity contribution in [3.63, 3.8) is 0 Å². The summed E-state index contributed by atoms with van der Waals surface area (Å²) in [7, 11) is 0. The summed E-state index contributed by atoms with van der Waals surface area (Å²) in [6.07, 6.45) is 6.64. The predicted octanol–water partition coefficient (Wildman–Crippen LogP) is 2.53. The van der Waals surface area contributed by atoms with Crippen LogP contribution in [0.3, 0.4) is 0 Å². The fraction of sp³-hybridized carbons (Fsp3) is 0.778. The lowest BCUT2D eigenvalue weighted by Crippen LogP contribution is -2.36. The largest absolute Gasteiger partial charge is 0.343 e. The molecule has 0 saturated carbocycles. The van der Waals surface area contributed by atoms with E-state index >= 15 is 0 Å². The molecule has 78 valence electrons. The topological polar surface area (TPSA) is 29.0 Å². The van der Waals surface area contributed by atoms with Gasteiger partial charge in [-0.15, -0.1) is 11.6 Å². The van der Waals surface area contributed by atoms with Gasteiger partial charge in [-0.2, -0.15) is 4.37 Å². The maximum Gasteiger partial charge on any atom is 0.205 e. The molecular weight excluding hydrogens is 218 g/mol. The summed E-state index contributed by atoms with van der Waals surface area (Å²) in [5.41, 5.74) is 0. The first-order valence-corrected chi connectivity index (χ1v) is 6.32. The van der Waals surface area contributed by atoms with E-state index in [9.17, 15) is 0 Å². The number of aromatic nitrogens is 2. The Hall–Kier alpha value is -0.350. The molecule has 1 unspecified atom stereocenters. The van der Waals surface area contributed by atoms with Crippen molar-refractivity contribution >= 4 is 28.3 Å². The van der Waals surface area contributed by atoms with E-state index in [1.54, 1.807) is 6.33 Å². The molecule has 1 fully saturated rings. The van der Waals surface area contributed by atoms with Gasteiger partial charge in [0.1, 0.15) is 6.33 Å². The Kier molecular flexibility index (Phi) is 3.59. The first-order chi connectivity index (χ1) is 6.92. The van der Waals surface area contributed by atoms with Crippen molar-refractivity contribution in [2.24, 2.45) is 0 Å². The Morgan fingerprint density at radius 1 is 1.50 bits per heavy atom. The molecule has 14 heavy (non-hydrogen) atoms. The molecule has 1 aromatic rings. The summed E-state index contributed by atoms with van der Waals surface area (Å²) < 4.78 is 4.04. The van der Waals surface area contributed by atoms with Crippen LogP contribution < -0.4 is 4.90 Å². The highest BCUT2D eigenvalue weighted by atomic mass is 35.5. The highest BCUT2D eigenvalue weighted by Crippen LogP contribution is 2.25. The molecular formula is C9H14ClN3S. The first-order valence-electron chi connectivity index (χ1n) is 5.01. The summed E-state index contributed by atoms with van der Waals surface area (Å²) in [4.78, 5) is 6.57. The van der Waals surface area contributed by atoms with Crippen molar-refractivity contribution in [2.75, 3.05) is 17.3 Å². The standard InChI is InChI=1S/C9H14ClN3S/c10-6-8-4-2-1-3-5-13(8)9-11-7-12-14-9/h7-8H,1-6H2. The van der Waals surface area contributed by atoms with Crippen LogP contribution >= 0.6 is 23.1 Å². The van der Waals surface area contributed by atoms with Crippen molar-refractivity contribution in [3.8, 4) is 0 Å². The predicted molar refractivity (Wildman–Crippen MR) is 60.2 cm³/mol. The number of alkyl halides is 1. The summed E-state index contributed by atoms with van der Waals surface area (Å²) in [5, 5.41) is 1.03. The molecule has 1 saturated heterocycles. The highest BCUT2D eigenvalue weighted by Gasteiger charge is 2.22. The van der Waals surface area contributed by atoms with Gasteiger partial charge in [0.05, 0.1) is 0 Å². The van der Waals surface area contributed by atoms with Crippen molar-refractivity contribution < 1.29 is 0 Å². The van der Waals surface area contributed by atoms with Crippen LogP contribution in [-0.2, 0) is 0 Å². The van der Waals surface area contributed by atoms with Gasteiger partial charge in [-0.1, -0.05) is 12.8 Å². The minimum atomic E-state index is 0.451. The molecule has 1 aliphatic rings. The molecule has 2 rings (SSSR count). The maximum atomic E-state index is 5.98. The van der Waals surface area contributed by atoms with Gasteiger partial charge in [0.25, 0.3) is 0 Å². The second-order valence-electron chi connectivity index (χ2n) is 3.57. The smallest absolute Gasteiger partial charge is 0.205 e. The zero-order valence-corrected chi connectivity index (χ0v) is 9.60. The number of anilines is 1. The van der Waals surface area contributed by atoms with Crippen LogP contribution in [0.25, 0.3) is 0 Å². The molecule has 1 atom stereocenters. The second kappa shape index (κ2) is 4.94. The lowest BCUT2D eigenvalue weighted by atomic mass is 10.1. The number of halogens is 1. The van der Waals surface area contributed by atoms with E-state index in [1.807, 2.05) is 0 Å². The monoisotopic (exact) mass is 231 g/mol. The average molecular weight is 232 g/mol. The molecule has 0 amide bonds. The minimum absolute atomic E-state index is 0.451. The number of hydrogen-bond donors (Lipinski definition) is 0. The quantitative estimate of drug-likeness (QED) is 0.733. The zero-order valence-electron chi connectivity index (χ0n) is 8.03. The van der Waals surface area contributed by atoms with Crippen LogP contribution in [0.2, 0.25) is 0 Å². The Balaban J connectivity index is 2.12. The summed E-state index contributed by atoms with van der Waals surface area (Å²) in [5.74, 6) is 0.694. The van der Waals surface area contributed by atoms with Crippen LogP contribution in [0, 0.1) is 0 Å². The maximum absolute atomic E-state index is 5.98. The van der Waals surface area contributed by atoms with Gasteiger partial charge in [0.2, 0.25) is 5.13 Å². The highest BCUT2D eigenvalue weighted by molar-refractivity contribution is 7.09. The first kappa shape index (κ1) is 10.2. The fourth-order valence-corrected chi connectivity index (χ4v) is 2.83. The van der Waals surface area contributed by atoms with Gasteiger partial charge in [-0.05, 0) is 12.8 Å². The number of nitrogens with zero attached hydrogens (tertiary/aromatic N) is 3. The van der Waals surface area contributed by atoms with Crippen molar-refractivity contribution in [1.82, 2.24) is 9.36 Å². The Morgan fingerprint density at radius 3 is 3.14 bits per heavy atom.